The van der Waals surface area contributed by atoms with Crippen molar-refractivity contribution in [3.8, 4) is 6.07 Å². The van der Waals surface area contributed by atoms with Gasteiger partial charge in [0.25, 0.3) is 0 Å². The minimum absolute atomic E-state index is 0.385. The van der Waals surface area contributed by atoms with Crippen molar-refractivity contribution in [1.82, 2.24) is 15.0 Å². The summed E-state index contributed by atoms with van der Waals surface area (Å²) < 4.78 is 0. The Hall–Kier alpha value is -2.42. The average Bonchev–Trinajstić information content (AvgIpc) is 2.33. The van der Waals surface area contributed by atoms with Crippen molar-refractivity contribution in [1.29, 1.82) is 5.26 Å². The number of nitriles is 1. The number of pyridine rings is 1. The van der Waals surface area contributed by atoms with Crippen molar-refractivity contribution in [2.75, 3.05) is 5.32 Å². The summed E-state index contributed by atoms with van der Waals surface area (Å²) in [5.41, 5.74) is 2.14. The summed E-state index contributed by atoms with van der Waals surface area (Å²) in [6, 6.07) is 5.35. The van der Waals surface area contributed by atoms with Gasteiger partial charge < -0.3 is 5.32 Å². The van der Waals surface area contributed by atoms with E-state index in [2.05, 4.69) is 20.3 Å². The van der Waals surface area contributed by atoms with Crippen LogP contribution in [0.5, 0.6) is 0 Å². The molecule has 0 spiro atoms. The largest absolute Gasteiger partial charge is 0.323 e. The van der Waals surface area contributed by atoms with Crippen molar-refractivity contribution in [3.05, 3.63) is 36.4 Å². The summed E-state index contributed by atoms with van der Waals surface area (Å²) >= 11 is 0. The molecule has 76 valence electrons. The Bertz CT molecular complexity index is 514. The van der Waals surface area contributed by atoms with Crippen LogP contribution in [-0.2, 0) is 0 Å². The van der Waals surface area contributed by atoms with Crippen molar-refractivity contribution in [3.63, 3.8) is 0 Å². The van der Waals surface area contributed by atoms with Crippen LogP contribution in [0.15, 0.2) is 30.7 Å². The molecule has 0 fully saturated rings. The zero-order valence-corrected chi connectivity index (χ0v) is 8.68. The van der Waals surface area contributed by atoms with Crippen LogP contribution in [0.1, 0.15) is 5.69 Å². The van der Waals surface area contributed by atoms with Crippen LogP contribution in [0.2, 0.25) is 0 Å². The maximum absolute atomic E-state index is 8.59. The third kappa shape index (κ3) is 2.33. The maximum atomic E-state index is 8.59. The summed E-state index contributed by atoms with van der Waals surface area (Å²) in [5.74, 6) is 0.511. The third-order valence-electron chi connectivity index (χ3n) is 1.92. The molecule has 0 radical (unpaired) electrons. The summed E-state index contributed by atoms with van der Waals surface area (Å²) in [6.07, 6.45) is 5.03. The van der Waals surface area contributed by atoms with Crippen LogP contribution in [-0.4, -0.2) is 22.8 Å². The van der Waals surface area contributed by atoms with E-state index >= 15 is 0 Å². The lowest BCUT2D eigenvalue weighted by atomic mass is 10.0. The van der Waals surface area contributed by atoms with Gasteiger partial charge in [0, 0.05) is 12.4 Å². The number of hydrogen-bond acceptors (Lipinski definition) is 5. The van der Waals surface area contributed by atoms with Gasteiger partial charge in [0.05, 0.1) is 11.9 Å². The van der Waals surface area contributed by atoms with E-state index in [-0.39, 0.29) is 0 Å². The second-order valence-corrected chi connectivity index (χ2v) is 3.25. The summed E-state index contributed by atoms with van der Waals surface area (Å²) in [4.78, 5) is 12.1. The fraction of sp³-hybridized carbons (Fsp3) is 0. The third-order valence-corrected chi connectivity index (χ3v) is 1.92. The first kappa shape index (κ1) is 10.1. The summed E-state index contributed by atoms with van der Waals surface area (Å²) in [5, 5.41) is 11.6. The molecule has 2 aromatic heterocycles. The number of nitrogens with zero attached hydrogens (tertiary/aromatic N) is 4. The molecular weight excluding hydrogens is 201 g/mol. The lowest BCUT2D eigenvalue weighted by Gasteiger charge is -2.03. The van der Waals surface area contributed by atoms with Gasteiger partial charge in [-0.1, -0.05) is 5.46 Å². The molecular formula is C10H8BN5. The van der Waals surface area contributed by atoms with Crippen LogP contribution in [0.4, 0.5) is 11.6 Å². The number of aromatic nitrogens is 3. The molecule has 1 N–H and O–H groups in total. The number of rotatable bonds is 2. The Morgan fingerprint density at radius 1 is 1.12 bits per heavy atom. The maximum Gasteiger partial charge on any atom is 0.227 e. The predicted molar refractivity (Wildman–Crippen MR) is 62.4 cm³/mol. The molecule has 2 aromatic rings. The average molecular weight is 209 g/mol. The smallest absolute Gasteiger partial charge is 0.227 e. The second-order valence-electron chi connectivity index (χ2n) is 3.25. The molecule has 0 aromatic carbocycles. The normalized spacial score (nSPS) is 9.44. The Balaban J connectivity index is 2.15. The van der Waals surface area contributed by atoms with Gasteiger partial charge in [0.15, 0.2) is 0 Å². The topological polar surface area (TPSA) is 74.5 Å². The SMILES string of the molecule is Bc1cnc(Nc2ccc(C#N)nc2)nc1. The van der Waals surface area contributed by atoms with E-state index < -0.39 is 0 Å². The Morgan fingerprint density at radius 2 is 1.88 bits per heavy atom. The Morgan fingerprint density at radius 3 is 2.44 bits per heavy atom. The molecule has 0 saturated carbocycles. The van der Waals surface area contributed by atoms with Gasteiger partial charge >= 0.3 is 0 Å². The van der Waals surface area contributed by atoms with Crippen LogP contribution < -0.4 is 10.8 Å². The molecule has 5 nitrogen and oxygen atoms in total. The second kappa shape index (κ2) is 4.40. The molecule has 0 aliphatic rings. The van der Waals surface area contributed by atoms with Crippen molar-refractivity contribution < 1.29 is 0 Å². The van der Waals surface area contributed by atoms with Gasteiger partial charge in [-0.25, -0.2) is 15.0 Å². The first-order chi connectivity index (χ1) is 7.78. The highest BCUT2D eigenvalue weighted by Gasteiger charge is 1.98. The summed E-state index contributed by atoms with van der Waals surface area (Å²) in [7, 11) is 1.92. The lowest BCUT2D eigenvalue weighted by molar-refractivity contribution is 1.17. The van der Waals surface area contributed by atoms with Gasteiger partial charge in [-0.05, 0) is 12.1 Å². The highest BCUT2D eigenvalue weighted by Crippen LogP contribution is 2.09. The molecule has 0 atom stereocenters. The number of hydrogen-bond donors (Lipinski definition) is 1. The first-order valence-corrected chi connectivity index (χ1v) is 4.70. The van der Waals surface area contributed by atoms with Gasteiger partial charge in [0.1, 0.15) is 19.6 Å². The van der Waals surface area contributed by atoms with E-state index in [1.165, 1.54) is 0 Å². The quantitative estimate of drug-likeness (QED) is 0.690. The highest BCUT2D eigenvalue weighted by molar-refractivity contribution is 6.31. The molecule has 0 unspecified atom stereocenters. The molecule has 6 heteroatoms. The van der Waals surface area contributed by atoms with E-state index in [0.717, 1.165) is 11.2 Å². The zero-order chi connectivity index (χ0) is 11.4. The van der Waals surface area contributed by atoms with E-state index in [0.29, 0.717) is 11.6 Å². The van der Waals surface area contributed by atoms with Gasteiger partial charge in [-0.2, -0.15) is 5.26 Å². The minimum Gasteiger partial charge on any atom is -0.323 e. The van der Waals surface area contributed by atoms with E-state index in [9.17, 15) is 0 Å². The van der Waals surface area contributed by atoms with Gasteiger partial charge in [-0.3, -0.25) is 0 Å². The number of anilines is 2. The molecule has 0 aliphatic carbocycles. The van der Waals surface area contributed by atoms with Crippen molar-refractivity contribution in [2.24, 2.45) is 0 Å². The van der Waals surface area contributed by atoms with Crippen molar-refractivity contribution in [2.45, 2.75) is 0 Å². The standard InChI is InChI=1S/C10H8BN5/c11-7-4-14-10(15-5-7)16-9-2-1-8(3-12)13-6-9/h1-2,4-6H,11H2,(H,14,15,16). The van der Waals surface area contributed by atoms with E-state index in [1.807, 2.05) is 13.9 Å². The van der Waals surface area contributed by atoms with Crippen LogP contribution in [0, 0.1) is 11.3 Å². The van der Waals surface area contributed by atoms with Crippen LogP contribution >= 0.6 is 0 Å². The summed E-state index contributed by atoms with van der Waals surface area (Å²) in [6.45, 7) is 0. The monoisotopic (exact) mass is 209 g/mol. The molecule has 2 heterocycles. The van der Waals surface area contributed by atoms with Crippen LogP contribution in [0.25, 0.3) is 0 Å². The zero-order valence-electron chi connectivity index (χ0n) is 8.68. The predicted octanol–water partition coefficient (Wildman–Crippen LogP) is -0.255. The Kier molecular flexibility index (Phi) is 2.78. The molecule has 0 bridgehead atoms. The Labute approximate surface area is 93.6 Å². The van der Waals surface area contributed by atoms with Gasteiger partial charge in [-0.15, -0.1) is 0 Å². The van der Waals surface area contributed by atoms with E-state index in [1.54, 1.807) is 30.7 Å². The van der Waals surface area contributed by atoms with Gasteiger partial charge in [0.2, 0.25) is 5.95 Å². The van der Waals surface area contributed by atoms with E-state index in [4.69, 9.17) is 5.26 Å². The lowest BCUT2D eigenvalue weighted by Crippen LogP contribution is -2.06. The first-order valence-electron chi connectivity index (χ1n) is 4.70. The molecule has 16 heavy (non-hydrogen) atoms. The fourth-order valence-corrected chi connectivity index (χ4v) is 1.12. The fourth-order valence-electron chi connectivity index (χ4n) is 1.12. The molecule has 0 saturated heterocycles. The van der Waals surface area contributed by atoms with Crippen LogP contribution in [0.3, 0.4) is 0 Å². The molecule has 0 aliphatic heterocycles. The number of nitrogens with one attached hydrogen (secondary N) is 1. The minimum atomic E-state index is 0.385. The molecule has 0 amide bonds. The molecule has 2 rings (SSSR count). The van der Waals surface area contributed by atoms with Crippen molar-refractivity contribution >= 4 is 24.9 Å². The highest BCUT2D eigenvalue weighted by atomic mass is 15.1.